The summed E-state index contributed by atoms with van der Waals surface area (Å²) in [6, 6.07) is 30.4. The summed E-state index contributed by atoms with van der Waals surface area (Å²) in [6.45, 7) is 0.367. The van der Waals surface area contributed by atoms with E-state index in [1.165, 1.54) is 16.8 Å². The number of benzene rings is 4. The zero-order valence-electron chi connectivity index (χ0n) is 22.7. The number of fused-ring (bicyclic) bond motifs is 1. The fraction of sp³-hybridized carbons (Fsp3) is 0.156. The standard InChI is InChI=1S/C32H27ClN4O4S/c1-40-28-17-23(13-16-27(28)41-19-21-7-3-2-4-8-21)32-37(30(39)20-42-32)35-29(38)18-36-26-10-6-5-9-25(26)34-31(36)22-11-14-24(33)15-12-22/h2-17,32H,18-20H2,1H3,(H,35,38). The van der Waals surface area contributed by atoms with Crippen LogP contribution in [0.3, 0.4) is 0 Å². The molecule has 2 heterocycles. The van der Waals surface area contributed by atoms with Crippen LogP contribution in [0.25, 0.3) is 22.4 Å². The highest BCUT2D eigenvalue weighted by Gasteiger charge is 2.35. The number of rotatable bonds is 9. The van der Waals surface area contributed by atoms with E-state index in [0.717, 1.165) is 27.7 Å². The molecule has 1 aliphatic rings. The van der Waals surface area contributed by atoms with E-state index >= 15 is 0 Å². The minimum absolute atomic E-state index is 0.0325. The number of nitrogens with one attached hydrogen (secondary N) is 1. The van der Waals surface area contributed by atoms with Gasteiger partial charge in [-0.1, -0.05) is 60.1 Å². The highest BCUT2D eigenvalue weighted by atomic mass is 35.5. The molecule has 4 aromatic carbocycles. The van der Waals surface area contributed by atoms with Crippen LogP contribution >= 0.6 is 23.4 Å². The Morgan fingerprint density at radius 2 is 1.76 bits per heavy atom. The molecule has 1 fully saturated rings. The van der Waals surface area contributed by atoms with Crippen LogP contribution in [0.15, 0.2) is 97.1 Å². The lowest BCUT2D eigenvalue weighted by molar-refractivity contribution is -0.139. The van der Waals surface area contributed by atoms with Gasteiger partial charge >= 0.3 is 0 Å². The van der Waals surface area contributed by atoms with Crippen molar-refractivity contribution in [3.05, 3.63) is 113 Å². The van der Waals surface area contributed by atoms with Crippen LogP contribution in [0.4, 0.5) is 0 Å². The van der Waals surface area contributed by atoms with E-state index in [1.807, 2.05) is 89.5 Å². The number of hydrazine groups is 1. The largest absolute Gasteiger partial charge is 0.493 e. The maximum atomic E-state index is 13.4. The Morgan fingerprint density at radius 1 is 1.00 bits per heavy atom. The summed E-state index contributed by atoms with van der Waals surface area (Å²) in [7, 11) is 1.58. The van der Waals surface area contributed by atoms with Gasteiger partial charge in [0.1, 0.15) is 24.3 Å². The number of nitrogens with zero attached hydrogens (tertiary/aromatic N) is 3. The van der Waals surface area contributed by atoms with Gasteiger partial charge in [-0.25, -0.2) is 9.99 Å². The molecule has 1 unspecified atom stereocenters. The smallest absolute Gasteiger partial charge is 0.258 e. The first-order valence-electron chi connectivity index (χ1n) is 13.3. The second-order valence-electron chi connectivity index (χ2n) is 9.66. The van der Waals surface area contributed by atoms with Crippen molar-refractivity contribution in [2.45, 2.75) is 18.5 Å². The normalized spacial score (nSPS) is 14.8. The van der Waals surface area contributed by atoms with Crippen LogP contribution in [0.5, 0.6) is 11.5 Å². The number of thioether (sulfide) groups is 1. The first-order valence-corrected chi connectivity index (χ1v) is 14.7. The fourth-order valence-corrected chi connectivity index (χ4v) is 6.08. The van der Waals surface area contributed by atoms with Crippen molar-refractivity contribution < 1.29 is 19.1 Å². The zero-order chi connectivity index (χ0) is 29.1. The predicted molar refractivity (Wildman–Crippen MR) is 164 cm³/mol. The molecule has 1 aromatic heterocycles. The molecular weight excluding hydrogens is 572 g/mol. The van der Waals surface area contributed by atoms with E-state index in [2.05, 4.69) is 5.43 Å². The Labute approximate surface area is 252 Å². The van der Waals surface area contributed by atoms with E-state index < -0.39 is 5.37 Å². The number of methoxy groups -OCH3 is 1. The molecule has 1 saturated heterocycles. The van der Waals surface area contributed by atoms with Gasteiger partial charge in [-0.15, -0.1) is 11.8 Å². The SMILES string of the molecule is COc1cc(C2SCC(=O)N2NC(=O)Cn2c(-c3ccc(Cl)cc3)nc3ccccc32)ccc1OCc1ccccc1. The van der Waals surface area contributed by atoms with E-state index in [-0.39, 0.29) is 24.1 Å². The Kier molecular flexibility index (Phi) is 8.03. The first-order chi connectivity index (χ1) is 20.5. The van der Waals surface area contributed by atoms with Crippen LogP contribution in [0.1, 0.15) is 16.5 Å². The predicted octanol–water partition coefficient (Wildman–Crippen LogP) is 6.25. The fourth-order valence-electron chi connectivity index (χ4n) is 4.85. The Morgan fingerprint density at radius 3 is 2.55 bits per heavy atom. The van der Waals surface area contributed by atoms with Crippen LogP contribution in [-0.4, -0.2) is 39.2 Å². The van der Waals surface area contributed by atoms with Gasteiger partial charge in [0.2, 0.25) is 0 Å². The van der Waals surface area contributed by atoms with Gasteiger partial charge in [0.05, 0.1) is 23.9 Å². The van der Waals surface area contributed by atoms with Crippen LogP contribution < -0.4 is 14.9 Å². The Bertz CT molecular complexity index is 1740. The maximum Gasteiger partial charge on any atom is 0.258 e. The van der Waals surface area contributed by atoms with Gasteiger partial charge in [-0.05, 0) is 59.7 Å². The number of halogens is 1. The number of amides is 2. The molecule has 10 heteroatoms. The third kappa shape index (κ3) is 5.79. The number of carbonyl (C=O) groups is 2. The first kappa shape index (κ1) is 27.7. The van der Waals surface area contributed by atoms with Crippen LogP contribution in [0, 0.1) is 0 Å². The molecule has 1 N–H and O–H groups in total. The molecule has 2 amide bonds. The second-order valence-corrected chi connectivity index (χ2v) is 11.2. The number of hydrogen-bond donors (Lipinski definition) is 1. The number of carbonyl (C=O) groups excluding carboxylic acids is 2. The molecule has 42 heavy (non-hydrogen) atoms. The van der Waals surface area contributed by atoms with Crippen molar-refractivity contribution in [3.8, 4) is 22.9 Å². The number of aromatic nitrogens is 2. The molecule has 212 valence electrons. The molecule has 5 aromatic rings. The third-order valence-electron chi connectivity index (χ3n) is 6.88. The van der Waals surface area contributed by atoms with Crippen molar-refractivity contribution in [1.82, 2.24) is 20.0 Å². The van der Waals surface area contributed by atoms with Gasteiger partial charge in [-0.3, -0.25) is 15.0 Å². The van der Waals surface area contributed by atoms with Crippen molar-refractivity contribution in [3.63, 3.8) is 0 Å². The van der Waals surface area contributed by atoms with Gasteiger partial charge in [0.25, 0.3) is 11.8 Å². The summed E-state index contributed by atoms with van der Waals surface area (Å²) < 4.78 is 13.4. The molecule has 0 radical (unpaired) electrons. The summed E-state index contributed by atoms with van der Waals surface area (Å²) in [5.74, 6) is 1.49. The monoisotopic (exact) mass is 598 g/mol. The van der Waals surface area contributed by atoms with Gasteiger partial charge < -0.3 is 14.0 Å². The van der Waals surface area contributed by atoms with Gasteiger partial charge in [-0.2, -0.15) is 0 Å². The highest BCUT2D eigenvalue weighted by molar-refractivity contribution is 8.00. The lowest BCUT2D eigenvalue weighted by Gasteiger charge is -2.25. The van der Waals surface area contributed by atoms with E-state index in [4.69, 9.17) is 26.1 Å². The topological polar surface area (TPSA) is 85.7 Å². The minimum atomic E-state index is -0.422. The molecule has 0 saturated carbocycles. The molecule has 0 spiro atoms. The van der Waals surface area contributed by atoms with Crippen molar-refractivity contribution in [2.24, 2.45) is 0 Å². The van der Waals surface area contributed by atoms with Crippen LogP contribution in [-0.2, 0) is 22.7 Å². The lowest BCUT2D eigenvalue weighted by Crippen LogP contribution is -2.45. The quantitative estimate of drug-likeness (QED) is 0.216. The minimum Gasteiger partial charge on any atom is -0.493 e. The number of para-hydroxylation sites is 2. The molecule has 1 atom stereocenters. The summed E-state index contributed by atoms with van der Waals surface area (Å²) >= 11 is 7.53. The average molecular weight is 599 g/mol. The molecule has 6 rings (SSSR count). The maximum absolute atomic E-state index is 13.4. The molecule has 1 aliphatic heterocycles. The number of imidazole rings is 1. The number of ether oxygens (including phenoxy) is 2. The van der Waals surface area contributed by atoms with Gasteiger partial charge in [0, 0.05) is 10.6 Å². The Hall–Kier alpha value is -4.47. The molecule has 0 aliphatic carbocycles. The molecule has 0 bridgehead atoms. The van der Waals surface area contributed by atoms with Crippen molar-refractivity contribution in [1.29, 1.82) is 0 Å². The summed E-state index contributed by atoms with van der Waals surface area (Å²) in [5.41, 5.74) is 7.11. The van der Waals surface area contributed by atoms with Crippen LogP contribution in [0.2, 0.25) is 5.02 Å². The lowest BCUT2D eigenvalue weighted by atomic mass is 10.2. The van der Waals surface area contributed by atoms with E-state index in [9.17, 15) is 9.59 Å². The summed E-state index contributed by atoms with van der Waals surface area (Å²) in [4.78, 5) is 31.1. The third-order valence-corrected chi connectivity index (χ3v) is 8.35. The van der Waals surface area contributed by atoms with Crippen molar-refractivity contribution in [2.75, 3.05) is 12.9 Å². The van der Waals surface area contributed by atoms with Crippen molar-refractivity contribution >= 4 is 46.2 Å². The molecular formula is C32H27ClN4O4S. The summed E-state index contributed by atoms with van der Waals surface area (Å²) in [6.07, 6.45) is 0. The summed E-state index contributed by atoms with van der Waals surface area (Å²) in [5, 5.41) is 1.59. The van der Waals surface area contributed by atoms with Gasteiger partial charge in [0.15, 0.2) is 11.5 Å². The van der Waals surface area contributed by atoms with E-state index in [0.29, 0.717) is 29.0 Å². The van der Waals surface area contributed by atoms with E-state index in [1.54, 1.807) is 19.2 Å². The highest BCUT2D eigenvalue weighted by Crippen LogP contribution is 2.41. The second kappa shape index (κ2) is 12.2. The Balaban J connectivity index is 1.21. The average Bonchev–Trinajstić information content (AvgIpc) is 3.56. The molecule has 8 nitrogen and oxygen atoms in total. The zero-order valence-corrected chi connectivity index (χ0v) is 24.3. The number of hydrogen-bond acceptors (Lipinski definition) is 6.